The van der Waals surface area contributed by atoms with Crippen molar-refractivity contribution >= 4 is 17.8 Å². The summed E-state index contributed by atoms with van der Waals surface area (Å²) < 4.78 is 7.25. The van der Waals surface area contributed by atoms with Crippen LogP contribution in [0.5, 0.6) is 5.75 Å². The second kappa shape index (κ2) is 10.1. The summed E-state index contributed by atoms with van der Waals surface area (Å²) in [6, 6.07) is 12.1. The molecule has 0 bridgehead atoms. The molecule has 3 rings (SSSR count). The maximum atomic E-state index is 5.18. The van der Waals surface area contributed by atoms with Gasteiger partial charge in [0, 0.05) is 31.7 Å². The van der Waals surface area contributed by atoms with Crippen molar-refractivity contribution in [2.75, 3.05) is 20.7 Å². The number of aromatic nitrogens is 4. The number of hydrogen-bond donors (Lipinski definition) is 0. The normalized spacial score (nSPS) is 11.4. The smallest absolute Gasteiger partial charge is 0.191 e. The number of benzene rings is 1. The van der Waals surface area contributed by atoms with Crippen LogP contribution in [0.1, 0.15) is 17.0 Å². The van der Waals surface area contributed by atoms with E-state index in [1.54, 1.807) is 18.9 Å². The SMILES string of the molecule is COc1ccc(/C=C/CN(C)Cc2nnc(SCc3ccncc3)n2C)cc1. The van der Waals surface area contributed by atoms with E-state index in [2.05, 4.69) is 43.8 Å². The van der Waals surface area contributed by atoms with E-state index in [4.69, 9.17) is 4.74 Å². The highest BCUT2D eigenvalue weighted by Gasteiger charge is 2.11. The summed E-state index contributed by atoms with van der Waals surface area (Å²) in [5, 5.41) is 9.61. The Bertz CT molecular complexity index is 893. The zero-order valence-corrected chi connectivity index (χ0v) is 17.3. The number of rotatable bonds is 9. The summed E-state index contributed by atoms with van der Waals surface area (Å²) in [4.78, 5) is 6.26. The Kier molecular flexibility index (Phi) is 7.22. The molecule has 0 amide bonds. The highest BCUT2D eigenvalue weighted by atomic mass is 32.2. The third-order valence-electron chi connectivity index (χ3n) is 4.30. The van der Waals surface area contributed by atoms with Gasteiger partial charge in [0.15, 0.2) is 5.16 Å². The minimum Gasteiger partial charge on any atom is -0.497 e. The zero-order chi connectivity index (χ0) is 19.8. The number of thioether (sulfide) groups is 1. The van der Waals surface area contributed by atoms with Gasteiger partial charge in [0.25, 0.3) is 0 Å². The summed E-state index contributed by atoms with van der Waals surface area (Å²) in [6.07, 6.45) is 7.89. The molecule has 0 aliphatic rings. The molecule has 3 aromatic rings. The first-order valence-electron chi connectivity index (χ1n) is 9.05. The summed E-state index contributed by atoms with van der Waals surface area (Å²) in [7, 11) is 5.78. The fraction of sp³-hybridized carbons (Fsp3) is 0.286. The fourth-order valence-electron chi connectivity index (χ4n) is 2.63. The average molecular weight is 396 g/mol. The van der Waals surface area contributed by atoms with E-state index in [9.17, 15) is 0 Å². The maximum absolute atomic E-state index is 5.18. The van der Waals surface area contributed by atoms with Gasteiger partial charge in [-0.3, -0.25) is 9.88 Å². The zero-order valence-electron chi connectivity index (χ0n) is 16.4. The molecule has 7 heteroatoms. The van der Waals surface area contributed by atoms with Crippen LogP contribution in [0.2, 0.25) is 0 Å². The van der Waals surface area contributed by atoms with Crippen LogP contribution in [0.3, 0.4) is 0 Å². The van der Waals surface area contributed by atoms with Crippen LogP contribution in [-0.4, -0.2) is 45.4 Å². The average Bonchev–Trinajstić information content (AvgIpc) is 3.07. The molecular weight excluding hydrogens is 370 g/mol. The summed E-state index contributed by atoms with van der Waals surface area (Å²) in [5.74, 6) is 2.68. The molecule has 0 radical (unpaired) electrons. The molecule has 0 aliphatic carbocycles. The van der Waals surface area contributed by atoms with E-state index in [0.717, 1.165) is 41.1 Å². The summed E-state index contributed by atoms with van der Waals surface area (Å²) >= 11 is 1.68. The van der Waals surface area contributed by atoms with E-state index in [1.807, 2.05) is 55.8 Å². The Balaban J connectivity index is 1.50. The molecule has 2 aromatic heterocycles. The van der Waals surface area contributed by atoms with Crippen molar-refractivity contribution in [3.63, 3.8) is 0 Å². The molecule has 28 heavy (non-hydrogen) atoms. The molecule has 0 saturated carbocycles. The number of methoxy groups -OCH3 is 1. The first-order chi connectivity index (χ1) is 13.7. The number of pyridine rings is 1. The van der Waals surface area contributed by atoms with Gasteiger partial charge in [0.1, 0.15) is 11.6 Å². The van der Waals surface area contributed by atoms with Crippen molar-refractivity contribution in [1.29, 1.82) is 0 Å². The van der Waals surface area contributed by atoms with Crippen molar-refractivity contribution in [2.24, 2.45) is 7.05 Å². The largest absolute Gasteiger partial charge is 0.497 e. The van der Waals surface area contributed by atoms with Crippen LogP contribution in [0.15, 0.2) is 60.0 Å². The van der Waals surface area contributed by atoms with Crippen molar-refractivity contribution in [1.82, 2.24) is 24.6 Å². The van der Waals surface area contributed by atoms with Gasteiger partial charge >= 0.3 is 0 Å². The number of nitrogens with zero attached hydrogens (tertiary/aromatic N) is 5. The lowest BCUT2D eigenvalue weighted by molar-refractivity contribution is 0.347. The second-order valence-electron chi connectivity index (χ2n) is 6.47. The van der Waals surface area contributed by atoms with E-state index < -0.39 is 0 Å². The lowest BCUT2D eigenvalue weighted by Gasteiger charge is -2.13. The van der Waals surface area contributed by atoms with Gasteiger partial charge in [0.2, 0.25) is 0 Å². The number of ether oxygens (including phenoxy) is 1. The predicted octanol–water partition coefficient (Wildman–Crippen LogP) is 3.66. The fourth-order valence-corrected chi connectivity index (χ4v) is 3.51. The van der Waals surface area contributed by atoms with Crippen LogP contribution in [0, 0.1) is 0 Å². The van der Waals surface area contributed by atoms with E-state index in [-0.39, 0.29) is 0 Å². The third-order valence-corrected chi connectivity index (χ3v) is 5.39. The quantitative estimate of drug-likeness (QED) is 0.516. The highest BCUT2D eigenvalue weighted by molar-refractivity contribution is 7.98. The standard InChI is InChI=1S/C21H25N5OS/c1-25(14-4-5-17-6-8-19(27-3)9-7-17)15-20-23-24-21(26(20)2)28-16-18-10-12-22-13-11-18/h4-13H,14-16H2,1-3H3/b5-4+. The Morgan fingerprint density at radius 1 is 1.11 bits per heavy atom. The Morgan fingerprint density at radius 3 is 2.57 bits per heavy atom. The number of hydrogen-bond acceptors (Lipinski definition) is 6. The minimum absolute atomic E-state index is 0.742. The lowest BCUT2D eigenvalue weighted by Crippen LogP contribution is -2.20. The molecule has 0 aliphatic heterocycles. The molecule has 0 fully saturated rings. The Morgan fingerprint density at radius 2 is 1.86 bits per heavy atom. The molecule has 0 N–H and O–H groups in total. The van der Waals surface area contributed by atoms with Gasteiger partial charge < -0.3 is 9.30 Å². The van der Waals surface area contributed by atoms with Crippen molar-refractivity contribution in [2.45, 2.75) is 17.5 Å². The van der Waals surface area contributed by atoms with Crippen molar-refractivity contribution in [3.8, 4) is 5.75 Å². The van der Waals surface area contributed by atoms with Gasteiger partial charge in [-0.15, -0.1) is 10.2 Å². The molecule has 146 valence electrons. The first-order valence-corrected chi connectivity index (χ1v) is 10.0. The molecule has 0 atom stereocenters. The van der Waals surface area contributed by atoms with Gasteiger partial charge in [0.05, 0.1) is 13.7 Å². The van der Waals surface area contributed by atoms with E-state index in [0.29, 0.717) is 0 Å². The highest BCUT2D eigenvalue weighted by Crippen LogP contribution is 2.21. The summed E-state index contributed by atoms with van der Waals surface area (Å²) in [6.45, 7) is 1.57. The minimum atomic E-state index is 0.742. The Labute approximate surface area is 170 Å². The van der Waals surface area contributed by atoms with Crippen LogP contribution >= 0.6 is 11.8 Å². The molecule has 1 aromatic carbocycles. The van der Waals surface area contributed by atoms with Gasteiger partial charge in [-0.2, -0.15) is 0 Å². The van der Waals surface area contributed by atoms with Gasteiger partial charge in [-0.1, -0.05) is 36.0 Å². The van der Waals surface area contributed by atoms with Crippen LogP contribution in [0.4, 0.5) is 0 Å². The van der Waals surface area contributed by atoms with Gasteiger partial charge in [-0.25, -0.2) is 0 Å². The first kappa shape index (κ1) is 20.1. The second-order valence-corrected chi connectivity index (χ2v) is 7.42. The van der Waals surface area contributed by atoms with Crippen molar-refractivity contribution < 1.29 is 4.74 Å². The third kappa shape index (κ3) is 5.68. The molecular formula is C21H25N5OS. The Hall–Kier alpha value is -2.64. The van der Waals surface area contributed by atoms with Crippen LogP contribution in [-0.2, 0) is 19.3 Å². The predicted molar refractivity (Wildman–Crippen MR) is 113 cm³/mol. The lowest BCUT2D eigenvalue weighted by atomic mass is 10.2. The van der Waals surface area contributed by atoms with E-state index >= 15 is 0 Å². The summed E-state index contributed by atoms with van der Waals surface area (Å²) in [5.41, 5.74) is 2.38. The molecule has 0 spiro atoms. The maximum Gasteiger partial charge on any atom is 0.191 e. The number of likely N-dealkylation sites (N-methyl/N-ethyl adjacent to an activating group) is 1. The van der Waals surface area contributed by atoms with Gasteiger partial charge in [-0.05, 0) is 42.4 Å². The topological polar surface area (TPSA) is 56.1 Å². The molecule has 2 heterocycles. The van der Waals surface area contributed by atoms with Crippen molar-refractivity contribution in [3.05, 3.63) is 71.8 Å². The molecule has 6 nitrogen and oxygen atoms in total. The molecule has 0 unspecified atom stereocenters. The van der Waals surface area contributed by atoms with E-state index in [1.165, 1.54) is 5.56 Å². The monoisotopic (exact) mass is 395 g/mol. The molecule has 0 saturated heterocycles. The van der Waals surface area contributed by atoms with Crippen LogP contribution < -0.4 is 4.74 Å². The van der Waals surface area contributed by atoms with Crippen LogP contribution in [0.25, 0.3) is 6.08 Å².